The molecule has 0 bridgehead atoms. The first-order valence-corrected chi connectivity index (χ1v) is 21.4. The average Bonchev–Trinajstić information content (AvgIpc) is 3.73. The van der Waals surface area contributed by atoms with E-state index in [1.165, 1.54) is 5.69 Å². The number of carbonyl (C=O) groups is 3. The Kier molecular flexibility index (Phi) is 10.6. The zero-order valence-electron chi connectivity index (χ0n) is 34.4. The van der Waals surface area contributed by atoms with Gasteiger partial charge in [-0.1, -0.05) is 11.3 Å². The van der Waals surface area contributed by atoms with Crippen molar-refractivity contribution in [2.24, 2.45) is 5.92 Å². The molecule has 63 heavy (non-hydrogen) atoms. The van der Waals surface area contributed by atoms with Crippen molar-refractivity contribution in [3.63, 3.8) is 0 Å². The third-order valence-electron chi connectivity index (χ3n) is 12.8. The Hall–Kier alpha value is -7.33. The summed E-state index contributed by atoms with van der Waals surface area (Å²) < 4.78 is 3.15. The van der Waals surface area contributed by atoms with E-state index in [1.807, 2.05) is 28.8 Å². The Bertz CT molecular complexity index is 2820. The molecular formula is C44H45N15O4. The molecule has 1 aliphatic carbocycles. The number of nitrogens with one attached hydrogen (secondary N) is 3. The Labute approximate surface area is 361 Å². The summed E-state index contributed by atoms with van der Waals surface area (Å²) in [5.41, 5.74) is 4.99. The van der Waals surface area contributed by atoms with E-state index in [0.717, 1.165) is 93.2 Å². The molecule has 19 heteroatoms. The van der Waals surface area contributed by atoms with E-state index in [4.69, 9.17) is 5.26 Å². The van der Waals surface area contributed by atoms with Crippen LogP contribution in [0.15, 0.2) is 78.1 Å². The van der Waals surface area contributed by atoms with Crippen molar-refractivity contribution >= 4 is 62.7 Å². The molecule has 3 amide bonds. The van der Waals surface area contributed by atoms with Gasteiger partial charge in [0, 0.05) is 81.4 Å². The fraction of sp³-hybridized carbons (Fsp3) is 0.386. The van der Waals surface area contributed by atoms with E-state index in [9.17, 15) is 19.2 Å². The molecule has 4 aromatic heterocycles. The minimum atomic E-state index is -0.849. The summed E-state index contributed by atoms with van der Waals surface area (Å²) in [6.45, 7) is 6.73. The molecule has 10 rings (SSSR count). The second-order valence-electron chi connectivity index (χ2n) is 16.8. The van der Waals surface area contributed by atoms with Gasteiger partial charge < -0.3 is 25.0 Å². The van der Waals surface area contributed by atoms with Crippen LogP contribution in [0.2, 0.25) is 0 Å². The van der Waals surface area contributed by atoms with Gasteiger partial charge in [0.15, 0.2) is 17.0 Å². The normalized spacial score (nSPS) is 20.9. The minimum Gasteiger partial charge on any atom is -0.371 e. The third-order valence-corrected chi connectivity index (χ3v) is 12.8. The number of anilines is 4. The number of piperazine rings is 1. The third kappa shape index (κ3) is 8.12. The number of imide groups is 1. The molecule has 2 aromatic carbocycles. The number of pyridine rings is 1. The number of imidazole rings is 1. The van der Waals surface area contributed by atoms with Crippen LogP contribution in [-0.2, 0) is 9.59 Å². The van der Waals surface area contributed by atoms with Gasteiger partial charge in [0.25, 0.3) is 17.4 Å². The molecule has 0 unspecified atom stereocenters. The lowest BCUT2D eigenvalue weighted by molar-refractivity contribution is -0.136. The first kappa shape index (κ1) is 39.8. The fourth-order valence-corrected chi connectivity index (χ4v) is 9.20. The van der Waals surface area contributed by atoms with Crippen LogP contribution in [0.1, 0.15) is 66.8 Å². The quantitative estimate of drug-likeness (QED) is 0.169. The van der Waals surface area contributed by atoms with Gasteiger partial charge in [-0.2, -0.15) is 9.94 Å². The zero-order valence-corrected chi connectivity index (χ0v) is 34.4. The van der Waals surface area contributed by atoms with Crippen molar-refractivity contribution in [1.29, 1.82) is 5.26 Å². The summed E-state index contributed by atoms with van der Waals surface area (Å²) in [4.78, 5) is 75.3. The standard InChI is InChI=1S/C44H45N15O4/c45-23-29-2-1-3-36(49-29)42(61)51-30-20-33(21-30)58-26-48-39-40(46-25-47-41(39)58)50-28-4-6-31(7-5-28)57-18-16-55(17-19-57)24-27-12-14-56(15-13-27)32-8-9-35-34(22-32)44(63)59(54-53-35)37-10-11-38(60)52-43(37)62/h1-9,22,25-27,30,33,37H,10-21,24H2,(H,51,61)(H,46,47,50)(H,52,60,62)/t30?,33?,37-/m0/s1. The number of aromatic nitrogens is 8. The summed E-state index contributed by atoms with van der Waals surface area (Å²) in [5.74, 6) is 0.0569. The topological polar surface area (TPSA) is 225 Å². The van der Waals surface area contributed by atoms with E-state index in [0.29, 0.717) is 28.2 Å². The number of rotatable bonds is 10. The van der Waals surface area contributed by atoms with Gasteiger partial charge in [-0.25, -0.2) is 19.9 Å². The van der Waals surface area contributed by atoms with Crippen LogP contribution >= 0.6 is 0 Å². The Morgan fingerprint density at radius 2 is 1.65 bits per heavy atom. The van der Waals surface area contributed by atoms with Crippen LogP contribution in [0.5, 0.6) is 0 Å². The predicted molar refractivity (Wildman–Crippen MR) is 232 cm³/mol. The first-order chi connectivity index (χ1) is 30.8. The van der Waals surface area contributed by atoms with Crippen LogP contribution in [-0.4, -0.2) is 114 Å². The van der Waals surface area contributed by atoms with Gasteiger partial charge in [-0.3, -0.25) is 29.4 Å². The zero-order chi connectivity index (χ0) is 43.0. The molecule has 0 radical (unpaired) electrons. The molecule has 19 nitrogen and oxygen atoms in total. The van der Waals surface area contributed by atoms with Crippen LogP contribution < -0.4 is 31.3 Å². The molecule has 3 aliphatic heterocycles. The maximum atomic E-state index is 13.4. The van der Waals surface area contributed by atoms with Gasteiger partial charge >= 0.3 is 0 Å². The summed E-state index contributed by atoms with van der Waals surface area (Å²) in [7, 11) is 0. The van der Waals surface area contributed by atoms with Crippen molar-refractivity contribution in [3.05, 3.63) is 95.1 Å². The van der Waals surface area contributed by atoms with Crippen molar-refractivity contribution < 1.29 is 14.4 Å². The number of carbonyl (C=O) groups excluding carboxylic acids is 3. The average molecular weight is 848 g/mol. The highest BCUT2D eigenvalue weighted by atomic mass is 16.2. The van der Waals surface area contributed by atoms with E-state index >= 15 is 0 Å². The predicted octanol–water partition coefficient (Wildman–Crippen LogP) is 3.09. The first-order valence-electron chi connectivity index (χ1n) is 21.4. The molecule has 1 saturated carbocycles. The lowest BCUT2D eigenvalue weighted by Gasteiger charge is -2.40. The molecule has 3 saturated heterocycles. The number of fused-ring (bicyclic) bond motifs is 2. The maximum absolute atomic E-state index is 13.4. The van der Waals surface area contributed by atoms with Crippen molar-refractivity contribution in [3.8, 4) is 6.07 Å². The van der Waals surface area contributed by atoms with Crippen molar-refractivity contribution in [1.82, 2.24) is 55.0 Å². The van der Waals surface area contributed by atoms with Crippen LogP contribution in [0.4, 0.5) is 22.9 Å². The smallest absolute Gasteiger partial charge is 0.278 e. The minimum absolute atomic E-state index is 0.0131. The number of nitriles is 1. The molecular weight excluding hydrogens is 803 g/mol. The molecule has 1 atom stereocenters. The van der Waals surface area contributed by atoms with E-state index in [1.54, 1.807) is 30.9 Å². The summed E-state index contributed by atoms with van der Waals surface area (Å²) >= 11 is 0. The largest absolute Gasteiger partial charge is 0.371 e. The Morgan fingerprint density at radius 3 is 2.43 bits per heavy atom. The van der Waals surface area contributed by atoms with Gasteiger partial charge in [0.05, 0.1) is 11.7 Å². The van der Waals surface area contributed by atoms with Crippen molar-refractivity contribution in [2.75, 3.05) is 60.9 Å². The number of piperidine rings is 2. The molecule has 320 valence electrons. The molecule has 4 fully saturated rings. The van der Waals surface area contributed by atoms with Gasteiger partial charge in [0.2, 0.25) is 5.91 Å². The van der Waals surface area contributed by atoms with Crippen LogP contribution in [0.25, 0.3) is 22.1 Å². The maximum Gasteiger partial charge on any atom is 0.278 e. The second-order valence-corrected chi connectivity index (χ2v) is 16.8. The lowest BCUT2D eigenvalue weighted by Crippen LogP contribution is -2.49. The number of nitrogens with zero attached hydrogens (tertiary/aromatic N) is 12. The van der Waals surface area contributed by atoms with Crippen molar-refractivity contribution in [2.45, 2.75) is 56.7 Å². The monoisotopic (exact) mass is 847 g/mol. The number of benzene rings is 2. The number of hydrogen-bond acceptors (Lipinski definition) is 15. The van der Waals surface area contributed by atoms with E-state index in [-0.39, 0.29) is 53.7 Å². The number of hydrogen-bond donors (Lipinski definition) is 3. The lowest BCUT2D eigenvalue weighted by atomic mass is 9.86. The highest BCUT2D eigenvalue weighted by molar-refractivity contribution is 5.99. The van der Waals surface area contributed by atoms with Crippen LogP contribution in [0.3, 0.4) is 0 Å². The van der Waals surface area contributed by atoms with Gasteiger partial charge in [-0.15, -0.1) is 5.10 Å². The molecule has 7 heterocycles. The summed E-state index contributed by atoms with van der Waals surface area (Å²) in [6, 6.07) is 20.1. The second kappa shape index (κ2) is 16.9. The summed E-state index contributed by atoms with van der Waals surface area (Å²) in [6.07, 6.45) is 7.27. The van der Waals surface area contributed by atoms with E-state index in [2.05, 4.69) is 85.2 Å². The molecule has 4 aliphatic rings. The van der Waals surface area contributed by atoms with Crippen LogP contribution in [0, 0.1) is 17.2 Å². The highest BCUT2D eigenvalue weighted by Crippen LogP contribution is 2.36. The molecule has 3 N–H and O–H groups in total. The molecule has 0 spiro atoms. The summed E-state index contributed by atoms with van der Waals surface area (Å²) in [5, 5.41) is 26.5. The van der Waals surface area contributed by atoms with Gasteiger partial charge in [-0.05, 0) is 92.6 Å². The van der Waals surface area contributed by atoms with E-state index < -0.39 is 11.9 Å². The highest BCUT2D eigenvalue weighted by Gasteiger charge is 2.34. The molecule has 6 aromatic rings. The fourth-order valence-electron chi connectivity index (χ4n) is 9.20. The Balaban J connectivity index is 0.689. The number of amides is 3. The van der Waals surface area contributed by atoms with Gasteiger partial charge in [0.1, 0.15) is 35.3 Å². The Morgan fingerprint density at radius 1 is 0.873 bits per heavy atom. The SMILES string of the molecule is N#Cc1cccc(C(=O)NC2CC(n3cnc4c(Nc5ccc(N6CCN(CC7CCN(c8ccc9nnn([C@H]%10CCC(=O)NC%10=O)c(=O)c9c8)CC7)CC6)cc5)ncnc43)C2)n1.